The van der Waals surface area contributed by atoms with Gasteiger partial charge in [-0.3, -0.25) is 4.98 Å². The Kier molecular flexibility index (Phi) is 14.9. The molecule has 1 heterocycles. The summed E-state index contributed by atoms with van der Waals surface area (Å²) in [6.45, 7) is 2.99. The van der Waals surface area contributed by atoms with Crippen LogP contribution in [0.5, 0.6) is 5.75 Å². The number of unbranched alkanes of at least 4 members (excludes halogenated alkanes) is 1. The van der Waals surface area contributed by atoms with E-state index in [4.69, 9.17) is 26.2 Å². The molecule has 0 radical (unpaired) electrons. The van der Waals surface area contributed by atoms with Gasteiger partial charge in [-0.2, -0.15) is 4.31 Å². The van der Waals surface area contributed by atoms with Crippen LogP contribution in [-0.2, 0) is 27.0 Å². The SMILES string of the molecule is CC(C)CN(CCCCNC(=O)N[C@@H](CO)[C@@H](O)[C@H](O)[C@H](O)CO)S(=O)(=O)c1ccc(Cl)c(COC2(c3cnccc3-c3ccccc3OC3CC3)CC2)c1. The summed E-state index contributed by atoms with van der Waals surface area (Å²) in [4.78, 5) is 16.9. The molecule has 2 aliphatic carbocycles. The Hall–Kier alpha value is -3.38. The highest BCUT2D eigenvalue weighted by Crippen LogP contribution is 2.53. The van der Waals surface area contributed by atoms with E-state index in [0.717, 1.165) is 48.1 Å². The number of benzene rings is 2. The van der Waals surface area contributed by atoms with Gasteiger partial charge in [-0.15, -0.1) is 0 Å². The van der Waals surface area contributed by atoms with Gasteiger partial charge in [-0.25, -0.2) is 13.2 Å². The molecule has 0 saturated heterocycles. The van der Waals surface area contributed by atoms with Crippen molar-refractivity contribution in [3.05, 3.63) is 77.1 Å². The molecule has 2 fully saturated rings. The molecule has 0 spiro atoms. The number of carbonyl (C=O) groups is 1. The highest BCUT2D eigenvalue weighted by molar-refractivity contribution is 7.89. The van der Waals surface area contributed by atoms with Gasteiger partial charge in [0.15, 0.2) is 0 Å². The fraction of sp³-hybridized carbons (Fsp3) is 0.538. The van der Waals surface area contributed by atoms with Gasteiger partial charge in [-0.05, 0) is 85.9 Å². The molecule has 2 aliphatic rings. The predicted octanol–water partition coefficient (Wildman–Crippen LogP) is 3.31. The Labute approximate surface area is 327 Å². The smallest absolute Gasteiger partial charge is 0.315 e. The van der Waals surface area contributed by atoms with E-state index >= 15 is 0 Å². The first-order chi connectivity index (χ1) is 26.3. The summed E-state index contributed by atoms with van der Waals surface area (Å²) < 4.78 is 42.3. The van der Waals surface area contributed by atoms with Gasteiger partial charge < -0.3 is 45.6 Å². The summed E-state index contributed by atoms with van der Waals surface area (Å²) in [5.74, 6) is 0.849. The molecule has 0 bridgehead atoms. The molecular formula is C39H53ClN4O10S. The molecule has 16 heteroatoms. The highest BCUT2D eigenvalue weighted by Gasteiger charge is 2.48. The first-order valence-corrected chi connectivity index (χ1v) is 20.5. The summed E-state index contributed by atoms with van der Waals surface area (Å²) in [6.07, 6.45) is 3.08. The molecule has 4 atom stereocenters. The third kappa shape index (κ3) is 11.1. The Bertz CT molecular complexity index is 1840. The maximum atomic E-state index is 14.0. The van der Waals surface area contributed by atoms with Gasteiger partial charge in [-0.1, -0.05) is 43.6 Å². The van der Waals surface area contributed by atoms with Crippen LogP contribution < -0.4 is 15.4 Å². The second-order valence-electron chi connectivity index (χ2n) is 14.7. The fourth-order valence-electron chi connectivity index (χ4n) is 6.31. The molecule has 1 aromatic heterocycles. The third-order valence-electron chi connectivity index (χ3n) is 9.72. The number of rotatable bonds is 22. The normalized spacial score (nSPS) is 17.4. The molecule has 2 saturated carbocycles. The summed E-state index contributed by atoms with van der Waals surface area (Å²) >= 11 is 6.63. The van der Waals surface area contributed by atoms with E-state index in [2.05, 4.69) is 15.6 Å². The molecule has 2 aromatic carbocycles. The molecule has 7 N–H and O–H groups in total. The number of amides is 2. The van der Waals surface area contributed by atoms with Crippen LogP contribution in [0.3, 0.4) is 0 Å². The Morgan fingerprint density at radius 3 is 2.44 bits per heavy atom. The minimum Gasteiger partial charge on any atom is -0.490 e. The van der Waals surface area contributed by atoms with E-state index in [1.54, 1.807) is 18.3 Å². The number of para-hydroxylation sites is 1. The molecule has 3 aromatic rings. The topological polar surface area (TPSA) is 211 Å². The maximum absolute atomic E-state index is 14.0. The molecule has 0 unspecified atom stereocenters. The van der Waals surface area contributed by atoms with E-state index in [0.29, 0.717) is 23.4 Å². The molecule has 55 heavy (non-hydrogen) atoms. The monoisotopic (exact) mass is 804 g/mol. The van der Waals surface area contributed by atoms with Gasteiger partial charge in [0.25, 0.3) is 0 Å². The van der Waals surface area contributed by atoms with Crippen LogP contribution >= 0.6 is 11.6 Å². The van der Waals surface area contributed by atoms with Crippen LogP contribution in [-0.4, -0.2) is 113 Å². The van der Waals surface area contributed by atoms with Crippen molar-refractivity contribution in [2.24, 2.45) is 5.92 Å². The van der Waals surface area contributed by atoms with Crippen LogP contribution in [0.4, 0.5) is 4.79 Å². The lowest BCUT2D eigenvalue weighted by molar-refractivity contribution is -0.0902. The largest absolute Gasteiger partial charge is 0.490 e. The van der Waals surface area contributed by atoms with Crippen LogP contribution in [0, 0.1) is 5.92 Å². The highest BCUT2D eigenvalue weighted by atomic mass is 35.5. The number of urea groups is 1. The average Bonchev–Trinajstić information content (AvgIpc) is 4.13. The number of carbonyl (C=O) groups excluding carboxylic acids is 1. The number of aliphatic hydroxyl groups is 5. The van der Waals surface area contributed by atoms with E-state index in [9.17, 15) is 33.6 Å². The zero-order valence-electron chi connectivity index (χ0n) is 31.2. The molecule has 302 valence electrons. The first kappa shape index (κ1) is 42.8. The second kappa shape index (κ2) is 19.2. The zero-order chi connectivity index (χ0) is 39.8. The van der Waals surface area contributed by atoms with Crippen molar-refractivity contribution < 1.29 is 48.2 Å². The number of aliphatic hydroxyl groups excluding tert-OH is 5. The summed E-state index contributed by atoms with van der Waals surface area (Å²) in [7, 11) is -3.95. The maximum Gasteiger partial charge on any atom is 0.315 e. The summed E-state index contributed by atoms with van der Waals surface area (Å²) in [6, 6.07) is 12.5. The molecule has 5 rings (SSSR count). The van der Waals surface area contributed by atoms with Crippen molar-refractivity contribution >= 4 is 27.7 Å². The van der Waals surface area contributed by atoms with Gasteiger partial charge in [0.05, 0.1) is 42.5 Å². The van der Waals surface area contributed by atoms with E-state index in [1.165, 1.54) is 10.4 Å². The van der Waals surface area contributed by atoms with Crippen LogP contribution in [0.1, 0.15) is 63.5 Å². The van der Waals surface area contributed by atoms with Crippen LogP contribution in [0.2, 0.25) is 5.02 Å². The summed E-state index contributed by atoms with van der Waals surface area (Å²) in [5, 5.41) is 53.5. The minimum atomic E-state index is -3.95. The van der Waals surface area contributed by atoms with Crippen molar-refractivity contribution in [1.29, 1.82) is 0 Å². The van der Waals surface area contributed by atoms with Crippen molar-refractivity contribution in [3.63, 3.8) is 0 Å². The van der Waals surface area contributed by atoms with Crippen LogP contribution in [0.25, 0.3) is 11.1 Å². The second-order valence-corrected chi connectivity index (χ2v) is 17.0. The van der Waals surface area contributed by atoms with E-state index in [-0.39, 0.29) is 43.2 Å². The standard InChI is InChI=1S/C39H53ClN4O10S/c1-25(2)21-44(18-6-5-16-42-38(50)43-33(22-45)36(48)37(49)34(47)23-46)55(51,52)28-11-12-32(40)26(19-28)24-53-39(14-15-39)31-20-41-17-13-29(31)30-7-3-4-8-35(30)54-27-9-10-27/h3-4,7-8,11-13,17,19-20,25,27,33-34,36-37,45-49H,5-6,9-10,14-16,18,21-24H2,1-2H3,(H2,42,43,50)/t33-,34+,36+,37+/m0/s1. The van der Waals surface area contributed by atoms with Crippen molar-refractivity contribution in [2.75, 3.05) is 32.8 Å². The number of ether oxygens (including phenoxy) is 2. The Morgan fingerprint density at radius 1 is 1.02 bits per heavy atom. The van der Waals surface area contributed by atoms with Gasteiger partial charge in [0, 0.05) is 48.2 Å². The Balaban J connectivity index is 1.20. The number of pyridine rings is 1. The number of hydrogen-bond acceptors (Lipinski definition) is 11. The Morgan fingerprint density at radius 2 is 1.76 bits per heavy atom. The lowest BCUT2D eigenvalue weighted by Crippen LogP contribution is -2.56. The van der Waals surface area contributed by atoms with E-state index < -0.39 is 59.2 Å². The lowest BCUT2D eigenvalue weighted by Gasteiger charge is -2.28. The number of aromatic nitrogens is 1. The predicted molar refractivity (Wildman–Crippen MR) is 206 cm³/mol. The zero-order valence-corrected chi connectivity index (χ0v) is 32.8. The number of sulfonamides is 1. The average molecular weight is 805 g/mol. The quantitative estimate of drug-likeness (QED) is 0.0733. The molecule has 0 aliphatic heterocycles. The number of hydrogen-bond donors (Lipinski definition) is 7. The van der Waals surface area contributed by atoms with Crippen molar-refractivity contribution in [1.82, 2.24) is 19.9 Å². The molecular weight excluding hydrogens is 752 g/mol. The number of nitrogens with one attached hydrogen (secondary N) is 2. The number of nitrogens with zero attached hydrogens (tertiary/aromatic N) is 2. The lowest BCUT2D eigenvalue weighted by atomic mass is 9.96. The first-order valence-electron chi connectivity index (χ1n) is 18.7. The molecule has 14 nitrogen and oxygen atoms in total. The minimum absolute atomic E-state index is 0.0264. The van der Waals surface area contributed by atoms with Crippen molar-refractivity contribution in [3.8, 4) is 16.9 Å². The van der Waals surface area contributed by atoms with Gasteiger partial charge in [0.1, 0.15) is 24.1 Å². The van der Waals surface area contributed by atoms with Gasteiger partial charge >= 0.3 is 6.03 Å². The van der Waals surface area contributed by atoms with Crippen molar-refractivity contribution in [2.45, 2.75) is 99.9 Å². The third-order valence-corrected chi connectivity index (χ3v) is 11.9. The van der Waals surface area contributed by atoms with Gasteiger partial charge in [0.2, 0.25) is 10.0 Å². The van der Waals surface area contributed by atoms with Crippen LogP contribution in [0.15, 0.2) is 65.8 Å². The van der Waals surface area contributed by atoms with E-state index in [1.807, 2.05) is 50.4 Å². The molecule has 2 amide bonds. The summed E-state index contributed by atoms with van der Waals surface area (Å²) in [5.41, 5.74) is 2.83. The fourth-order valence-corrected chi connectivity index (χ4v) is 8.17. The number of halogens is 1.